The number of amides is 2. The average Bonchev–Trinajstić information content (AvgIpc) is 2.50. The molecule has 1 saturated carbocycles. The summed E-state index contributed by atoms with van der Waals surface area (Å²) < 4.78 is 0. The first-order valence-electron chi connectivity index (χ1n) is 9.47. The van der Waals surface area contributed by atoms with Crippen molar-refractivity contribution in [1.82, 2.24) is 15.5 Å². The lowest BCUT2D eigenvalue weighted by Crippen LogP contribution is -2.52. The highest BCUT2D eigenvalue weighted by molar-refractivity contribution is 5.74. The first-order chi connectivity index (χ1) is 11.0. The van der Waals surface area contributed by atoms with E-state index in [1.165, 1.54) is 38.6 Å². The van der Waals surface area contributed by atoms with Crippen LogP contribution in [0.2, 0.25) is 0 Å². The average molecular weight is 325 g/mol. The van der Waals surface area contributed by atoms with E-state index in [4.69, 9.17) is 0 Å². The Morgan fingerprint density at radius 3 is 2.61 bits per heavy atom. The summed E-state index contributed by atoms with van der Waals surface area (Å²) in [7, 11) is 0. The fourth-order valence-electron chi connectivity index (χ4n) is 3.58. The van der Waals surface area contributed by atoms with Gasteiger partial charge in [0.2, 0.25) is 0 Å². The molecule has 0 bridgehead atoms. The highest BCUT2D eigenvalue weighted by atomic mass is 16.3. The molecule has 2 fully saturated rings. The molecule has 0 spiro atoms. The van der Waals surface area contributed by atoms with Crippen LogP contribution in [-0.4, -0.2) is 53.9 Å². The summed E-state index contributed by atoms with van der Waals surface area (Å²) in [6.45, 7) is 8.83. The second-order valence-electron chi connectivity index (χ2n) is 7.58. The maximum atomic E-state index is 12.0. The summed E-state index contributed by atoms with van der Waals surface area (Å²) >= 11 is 0. The summed E-state index contributed by atoms with van der Waals surface area (Å²) in [5, 5.41) is 15.8. The normalized spacial score (nSPS) is 26.9. The Kier molecular flexibility index (Phi) is 7.15. The van der Waals surface area contributed by atoms with Gasteiger partial charge in [-0.25, -0.2) is 4.79 Å². The molecule has 2 rings (SSSR count). The Balaban J connectivity index is 1.70. The van der Waals surface area contributed by atoms with Gasteiger partial charge in [-0.15, -0.1) is 0 Å². The number of carbonyl (C=O) groups is 1. The molecular formula is C18H35N3O2. The molecule has 0 aromatic rings. The number of hydrogen-bond donors (Lipinski definition) is 3. The van der Waals surface area contributed by atoms with Crippen molar-refractivity contribution in [3.63, 3.8) is 0 Å². The molecule has 2 aliphatic rings. The van der Waals surface area contributed by atoms with Crippen molar-refractivity contribution in [2.24, 2.45) is 11.8 Å². The Hall–Kier alpha value is -0.810. The lowest BCUT2D eigenvalue weighted by molar-refractivity contribution is 0.0676. The summed E-state index contributed by atoms with van der Waals surface area (Å²) in [5.74, 6) is 0.747. The number of urea groups is 1. The lowest BCUT2D eigenvalue weighted by atomic mass is 9.86. The number of hydrogen-bond acceptors (Lipinski definition) is 3. The molecule has 0 aromatic heterocycles. The topological polar surface area (TPSA) is 64.6 Å². The molecular weight excluding hydrogens is 290 g/mol. The highest BCUT2D eigenvalue weighted by Crippen LogP contribution is 2.30. The van der Waals surface area contributed by atoms with Crippen LogP contribution in [-0.2, 0) is 0 Å². The van der Waals surface area contributed by atoms with Gasteiger partial charge in [0, 0.05) is 25.2 Å². The Labute approximate surface area is 141 Å². The second-order valence-corrected chi connectivity index (χ2v) is 7.58. The highest BCUT2D eigenvalue weighted by Gasteiger charge is 2.31. The molecule has 1 aliphatic carbocycles. The van der Waals surface area contributed by atoms with Crippen LogP contribution in [0.3, 0.4) is 0 Å². The predicted octanol–water partition coefficient (Wildman–Crippen LogP) is 2.35. The van der Waals surface area contributed by atoms with Gasteiger partial charge in [0.05, 0.1) is 6.10 Å². The van der Waals surface area contributed by atoms with Crippen LogP contribution in [0, 0.1) is 11.8 Å². The zero-order valence-corrected chi connectivity index (χ0v) is 15.1. The number of nitrogens with zero attached hydrogens (tertiary/aromatic N) is 1. The van der Waals surface area contributed by atoms with Crippen LogP contribution < -0.4 is 10.6 Å². The summed E-state index contributed by atoms with van der Waals surface area (Å²) in [4.78, 5) is 14.7. The number of rotatable bonds is 7. The molecule has 5 heteroatoms. The minimum absolute atomic E-state index is 0.152. The van der Waals surface area contributed by atoms with E-state index < -0.39 is 6.10 Å². The van der Waals surface area contributed by atoms with E-state index in [2.05, 4.69) is 22.5 Å². The number of likely N-dealkylation sites (tertiary alicyclic amines) is 1. The van der Waals surface area contributed by atoms with E-state index in [0.29, 0.717) is 12.5 Å². The zero-order valence-electron chi connectivity index (χ0n) is 15.1. The van der Waals surface area contributed by atoms with Gasteiger partial charge in [-0.05, 0) is 51.0 Å². The Morgan fingerprint density at radius 1 is 1.26 bits per heavy atom. The van der Waals surface area contributed by atoms with Gasteiger partial charge < -0.3 is 20.6 Å². The number of aliphatic hydroxyl groups is 1. The van der Waals surface area contributed by atoms with Gasteiger partial charge in [0.25, 0.3) is 0 Å². The summed E-state index contributed by atoms with van der Waals surface area (Å²) in [6, 6.07) is 0.823. The van der Waals surface area contributed by atoms with Crippen molar-refractivity contribution in [3.8, 4) is 0 Å². The third-order valence-corrected chi connectivity index (χ3v) is 5.92. The van der Waals surface area contributed by atoms with Crippen molar-refractivity contribution in [3.05, 3.63) is 0 Å². The third-order valence-electron chi connectivity index (χ3n) is 5.92. The molecule has 1 heterocycles. The van der Waals surface area contributed by atoms with Crippen molar-refractivity contribution >= 4 is 6.03 Å². The van der Waals surface area contributed by atoms with E-state index in [0.717, 1.165) is 19.0 Å². The van der Waals surface area contributed by atoms with E-state index in [1.54, 1.807) is 0 Å². The van der Waals surface area contributed by atoms with Crippen molar-refractivity contribution < 1.29 is 9.90 Å². The summed E-state index contributed by atoms with van der Waals surface area (Å²) in [5.41, 5.74) is 0. The lowest BCUT2D eigenvalue weighted by Gasteiger charge is -2.43. The van der Waals surface area contributed by atoms with Gasteiger partial charge in [-0.3, -0.25) is 0 Å². The second kappa shape index (κ2) is 8.88. The fraction of sp³-hybridized carbons (Fsp3) is 0.944. The van der Waals surface area contributed by atoms with E-state index in [1.807, 2.05) is 13.8 Å². The summed E-state index contributed by atoms with van der Waals surface area (Å²) in [6.07, 6.45) is 6.96. The largest absolute Gasteiger partial charge is 0.391 e. The number of nitrogens with one attached hydrogen (secondary N) is 2. The minimum atomic E-state index is -0.468. The van der Waals surface area contributed by atoms with Crippen LogP contribution in [0.4, 0.5) is 4.79 Å². The van der Waals surface area contributed by atoms with Crippen LogP contribution in [0.5, 0.6) is 0 Å². The Morgan fingerprint density at radius 2 is 2.00 bits per heavy atom. The van der Waals surface area contributed by atoms with Crippen LogP contribution in [0.1, 0.15) is 59.3 Å². The van der Waals surface area contributed by atoms with Gasteiger partial charge >= 0.3 is 6.03 Å². The molecule has 2 amide bonds. The number of piperidine rings is 1. The van der Waals surface area contributed by atoms with E-state index >= 15 is 0 Å². The Bertz CT molecular complexity index is 373. The standard InChI is InChI=1S/C18H35N3O2/c1-4-13(2)17(22)11-19-18(23)20-14(3)15-7-6-10-21(12-15)16-8-5-9-16/h13-17,22H,4-12H2,1-3H3,(H2,19,20,23). The molecule has 4 unspecified atom stereocenters. The molecule has 0 radical (unpaired) electrons. The first-order valence-corrected chi connectivity index (χ1v) is 9.47. The van der Waals surface area contributed by atoms with Crippen LogP contribution >= 0.6 is 0 Å². The van der Waals surface area contributed by atoms with Crippen molar-refractivity contribution in [1.29, 1.82) is 0 Å². The minimum Gasteiger partial charge on any atom is -0.391 e. The smallest absolute Gasteiger partial charge is 0.315 e. The monoisotopic (exact) mass is 325 g/mol. The first kappa shape index (κ1) is 18.5. The quantitative estimate of drug-likeness (QED) is 0.673. The van der Waals surface area contributed by atoms with Crippen molar-refractivity contribution in [2.75, 3.05) is 19.6 Å². The molecule has 23 heavy (non-hydrogen) atoms. The van der Waals surface area contributed by atoms with Crippen molar-refractivity contribution in [2.45, 2.75) is 77.5 Å². The number of carbonyl (C=O) groups excluding carboxylic acids is 1. The van der Waals surface area contributed by atoms with Gasteiger partial charge in [-0.1, -0.05) is 26.7 Å². The molecule has 5 nitrogen and oxygen atoms in total. The van der Waals surface area contributed by atoms with Gasteiger partial charge in [-0.2, -0.15) is 0 Å². The third kappa shape index (κ3) is 5.35. The molecule has 1 aliphatic heterocycles. The molecule has 0 aromatic carbocycles. The number of aliphatic hydroxyl groups excluding tert-OH is 1. The van der Waals surface area contributed by atoms with E-state index in [9.17, 15) is 9.90 Å². The molecule has 1 saturated heterocycles. The SMILES string of the molecule is CCC(C)C(O)CNC(=O)NC(C)C1CCCN(C2CCC2)C1. The van der Waals surface area contributed by atoms with E-state index in [-0.39, 0.29) is 18.0 Å². The van der Waals surface area contributed by atoms with Gasteiger partial charge in [0.1, 0.15) is 0 Å². The predicted molar refractivity (Wildman–Crippen MR) is 93.4 cm³/mol. The zero-order chi connectivity index (χ0) is 16.8. The maximum absolute atomic E-state index is 12.0. The molecule has 4 atom stereocenters. The van der Waals surface area contributed by atoms with Crippen LogP contribution in [0.15, 0.2) is 0 Å². The molecule has 3 N–H and O–H groups in total. The maximum Gasteiger partial charge on any atom is 0.315 e. The molecule has 134 valence electrons. The van der Waals surface area contributed by atoms with Crippen LogP contribution in [0.25, 0.3) is 0 Å². The fourth-order valence-corrected chi connectivity index (χ4v) is 3.58. The van der Waals surface area contributed by atoms with Gasteiger partial charge in [0.15, 0.2) is 0 Å².